The van der Waals surface area contributed by atoms with E-state index in [1.807, 2.05) is 13.8 Å². The molecule has 1 atom stereocenters. The Morgan fingerprint density at radius 1 is 1.65 bits per heavy atom. The summed E-state index contributed by atoms with van der Waals surface area (Å²) in [6.45, 7) is 4.72. The predicted octanol–water partition coefficient (Wildman–Crippen LogP) is 1.67. The molecule has 1 unspecified atom stereocenters. The number of H-pyrrole nitrogens is 1. The molecule has 1 heterocycles. The van der Waals surface area contributed by atoms with Crippen LogP contribution in [0.2, 0.25) is 0 Å². The number of hydrogen-bond acceptors (Lipinski definition) is 5. The Morgan fingerprint density at radius 2 is 2.40 bits per heavy atom. The maximum Gasteiger partial charge on any atom is 0.344 e. The molecule has 2 rings (SSSR count). The van der Waals surface area contributed by atoms with Gasteiger partial charge in [-0.05, 0) is 39.2 Å². The minimum absolute atomic E-state index is 0.107. The fraction of sp³-hybridized carbons (Fsp3) is 0.769. The maximum absolute atomic E-state index is 11.6. The van der Waals surface area contributed by atoms with Crippen molar-refractivity contribution in [1.82, 2.24) is 20.1 Å². The summed E-state index contributed by atoms with van der Waals surface area (Å²) in [6, 6.07) is 2.67. The molecule has 0 amide bonds. The van der Waals surface area contributed by atoms with Crippen LogP contribution in [0.1, 0.15) is 45.6 Å². The molecule has 110 valence electrons. The van der Waals surface area contributed by atoms with E-state index in [2.05, 4.69) is 21.6 Å². The second-order valence-corrected chi connectivity index (χ2v) is 6.40. The minimum Gasteiger partial charge on any atom is -0.300 e. The summed E-state index contributed by atoms with van der Waals surface area (Å²) in [7, 11) is 0. The number of thioether (sulfide) groups is 1. The second-order valence-electron chi connectivity index (χ2n) is 5.34. The van der Waals surface area contributed by atoms with Crippen LogP contribution in [0.15, 0.2) is 9.95 Å². The number of aromatic amines is 1. The summed E-state index contributed by atoms with van der Waals surface area (Å²) in [6.07, 6.45) is 3.84. The zero-order valence-electron chi connectivity index (χ0n) is 12.0. The van der Waals surface area contributed by atoms with Crippen molar-refractivity contribution in [1.29, 1.82) is 5.26 Å². The summed E-state index contributed by atoms with van der Waals surface area (Å²) < 4.78 is 1.76. The molecule has 0 aromatic carbocycles. The van der Waals surface area contributed by atoms with Gasteiger partial charge in [-0.15, -0.1) is 5.10 Å². The zero-order valence-corrected chi connectivity index (χ0v) is 12.8. The highest BCUT2D eigenvalue weighted by atomic mass is 32.2. The third kappa shape index (κ3) is 3.64. The Morgan fingerprint density at radius 3 is 3.00 bits per heavy atom. The van der Waals surface area contributed by atoms with Crippen molar-refractivity contribution in [3.05, 3.63) is 10.5 Å². The van der Waals surface area contributed by atoms with Gasteiger partial charge in [0.1, 0.15) is 5.54 Å². The van der Waals surface area contributed by atoms with Crippen LogP contribution in [0.5, 0.6) is 0 Å². The van der Waals surface area contributed by atoms with Crippen LogP contribution in [0.4, 0.5) is 0 Å². The van der Waals surface area contributed by atoms with Crippen LogP contribution in [0.3, 0.4) is 0 Å². The lowest BCUT2D eigenvalue weighted by Crippen LogP contribution is -2.40. The first-order valence-electron chi connectivity index (χ1n) is 7.05. The van der Waals surface area contributed by atoms with Crippen molar-refractivity contribution < 1.29 is 0 Å². The highest BCUT2D eigenvalue weighted by Gasteiger charge is 2.28. The zero-order chi connectivity index (χ0) is 14.6. The smallest absolute Gasteiger partial charge is 0.300 e. The van der Waals surface area contributed by atoms with E-state index in [1.54, 1.807) is 16.3 Å². The highest BCUT2D eigenvalue weighted by Crippen LogP contribution is 2.36. The van der Waals surface area contributed by atoms with Gasteiger partial charge in [-0.2, -0.15) is 5.26 Å². The van der Waals surface area contributed by atoms with E-state index in [1.165, 1.54) is 0 Å². The number of nitriles is 1. The molecule has 1 saturated carbocycles. The van der Waals surface area contributed by atoms with Crippen LogP contribution < -0.4 is 11.0 Å². The van der Waals surface area contributed by atoms with Crippen molar-refractivity contribution in [3.63, 3.8) is 0 Å². The normalized spacial score (nSPS) is 17.6. The quantitative estimate of drug-likeness (QED) is 0.563. The summed E-state index contributed by atoms with van der Waals surface area (Å²) in [5.41, 5.74) is -0.568. The van der Waals surface area contributed by atoms with Crippen LogP contribution in [-0.4, -0.2) is 32.6 Å². The minimum atomic E-state index is -0.461. The molecule has 0 aliphatic heterocycles. The fourth-order valence-electron chi connectivity index (χ4n) is 2.21. The van der Waals surface area contributed by atoms with E-state index in [9.17, 15) is 10.1 Å². The van der Waals surface area contributed by atoms with Crippen LogP contribution in [0.25, 0.3) is 0 Å². The van der Waals surface area contributed by atoms with Gasteiger partial charge in [-0.3, -0.25) is 9.88 Å². The molecule has 0 spiro atoms. The van der Waals surface area contributed by atoms with Crippen LogP contribution in [0, 0.1) is 11.3 Å². The standard InChI is InChI=1S/C13H21N5OS/c1-3-15-13(2,9-14)7-4-8-20-12-17-16-11(19)18(12)10-5-6-10/h10,15H,3-8H2,1-2H3,(H,16,19). The van der Waals surface area contributed by atoms with Gasteiger partial charge in [0.05, 0.1) is 6.07 Å². The largest absolute Gasteiger partial charge is 0.344 e. The number of hydrogen-bond donors (Lipinski definition) is 2. The number of nitrogens with one attached hydrogen (secondary N) is 2. The lowest BCUT2D eigenvalue weighted by molar-refractivity contribution is 0.426. The van der Waals surface area contributed by atoms with Crippen molar-refractivity contribution in [3.8, 4) is 6.07 Å². The van der Waals surface area contributed by atoms with E-state index < -0.39 is 5.54 Å². The van der Waals surface area contributed by atoms with Gasteiger partial charge in [-0.25, -0.2) is 9.89 Å². The third-order valence-corrected chi connectivity index (χ3v) is 4.49. The number of nitrogens with zero attached hydrogens (tertiary/aromatic N) is 3. The van der Waals surface area contributed by atoms with E-state index >= 15 is 0 Å². The summed E-state index contributed by atoms with van der Waals surface area (Å²) in [4.78, 5) is 11.6. The lowest BCUT2D eigenvalue weighted by atomic mass is 9.98. The molecular formula is C13H21N5OS. The Labute approximate surface area is 122 Å². The molecule has 1 aromatic rings. The monoisotopic (exact) mass is 295 g/mol. The average Bonchev–Trinajstić information content (AvgIpc) is 3.19. The molecule has 1 aliphatic carbocycles. The van der Waals surface area contributed by atoms with Gasteiger partial charge in [-0.1, -0.05) is 18.7 Å². The molecule has 20 heavy (non-hydrogen) atoms. The predicted molar refractivity (Wildman–Crippen MR) is 78.8 cm³/mol. The Balaban J connectivity index is 1.82. The average molecular weight is 295 g/mol. The molecule has 1 aliphatic rings. The highest BCUT2D eigenvalue weighted by molar-refractivity contribution is 7.99. The molecule has 1 aromatic heterocycles. The molecule has 6 nitrogen and oxygen atoms in total. The van der Waals surface area contributed by atoms with Gasteiger partial charge in [0, 0.05) is 11.8 Å². The molecule has 0 bridgehead atoms. The van der Waals surface area contributed by atoms with Gasteiger partial charge >= 0.3 is 5.69 Å². The van der Waals surface area contributed by atoms with E-state index in [4.69, 9.17) is 0 Å². The Kier molecular flexibility index (Phi) is 4.89. The third-order valence-electron chi connectivity index (χ3n) is 3.45. The van der Waals surface area contributed by atoms with Gasteiger partial charge in [0.15, 0.2) is 5.16 Å². The molecule has 1 fully saturated rings. The van der Waals surface area contributed by atoms with Crippen LogP contribution >= 0.6 is 11.8 Å². The summed E-state index contributed by atoms with van der Waals surface area (Å²) >= 11 is 1.59. The van der Waals surface area contributed by atoms with Crippen molar-refractivity contribution in [2.45, 2.75) is 56.3 Å². The lowest BCUT2D eigenvalue weighted by Gasteiger charge is -2.22. The topological polar surface area (TPSA) is 86.5 Å². The number of rotatable bonds is 8. The SMILES string of the molecule is CCNC(C)(C#N)CCCSc1n[nH]c(=O)n1C1CC1. The Bertz CT molecular complexity index is 542. The first kappa shape index (κ1) is 15.1. The van der Waals surface area contributed by atoms with E-state index in [0.717, 1.165) is 43.1 Å². The van der Waals surface area contributed by atoms with Crippen LogP contribution in [-0.2, 0) is 0 Å². The van der Waals surface area contributed by atoms with Gasteiger partial charge < -0.3 is 0 Å². The molecular weight excluding hydrogens is 274 g/mol. The van der Waals surface area contributed by atoms with E-state index in [0.29, 0.717) is 6.04 Å². The maximum atomic E-state index is 11.6. The summed E-state index contributed by atoms with van der Waals surface area (Å²) in [5.74, 6) is 0.861. The fourth-order valence-corrected chi connectivity index (χ4v) is 3.16. The molecule has 2 N–H and O–H groups in total. The summed E-state index contributed by atoms with van der Waals surface area (Å²) in [5, 5.41) is 19.8. The van der Waals surface area contributed by atoms with E-state index in [-0.39, 0.29) is 5.69 Å². The second kappa shape index (κ2) is 6.46. The first-order chi connectivity index (χ1) is 9.59. The van der Waals surface area contributed by atoms with Crippen molar-refractivity contribution in [2.24, 2.45) is 0 Å². The van der Waals surface area contributed by atoms with Crippen molar-refractivity contribution >= 4 is 11.8 Å². The Hall–Kier alpha value is -1.26. The molecule has 0 saturated heterocycles. The first-order valence-corrected chi connectivity index (χ1v) is 8.04. The molecule has 0 radical (unpaired) electrons. The van der Waals surface area contributed by atoms with Crippen molar-refractivity contribution in [2.75, 3.05) is 12.3 Å². The van der Waals surface area contributed by atoms with Gasteiger partial charge in [0.2, 0.25) is 0 Å². The number of aromatic nitrogens is 3. The molecule has 7 heteroatoms. The van der Waals surface area contributed by atoms with Gasteiger partial charge in [0.25, 0.3) is 0 Å².